The molecule has 1 aliphatic heterocycles. The predicted octanol–water partition coefficient (Wildman–Crippen LogP) is 0.669. The number of carboxylic acid groups (broad SMARTS) is 1. The van der Waals surface area contributed by atoms with E-state index in [1.807, 2.05) is 18.4 Å². The van der Waals surface area contributed by atoms with E-state index < -0.39 is 5.97 Å². The topological polar surface area (TPSA) is 49.3 Å². The Morgan fingerprint density at radius 3 is 3.08 bits per heavy atom. The lowest BCUT2D eigenvalue weighted by atomic mass is 9.94. The number of hydrogen-bond donors (Lipinski definition) is 2. The smallest absolute Gasteiger partial charge is 0.335 e. The molecule has 2 aliphatic rings. The quantitative estimate of drug-likeness (QED) is 0.597. The normalized spacial score (nSPS) is 30.8. The molecule has 0 fully saturated rings. The van der Waals surface area contributed by atoms with E-state index in [4.69, 9.17) is 5.11 Å². The van der Waals surface area contributed by atoms with Crippen LogP contribution in [0, 0.1) is 5.92 Å². The Bertz CT molecular complexity index is 302. The van der Waals surface area contributed by atoms with E-state index in [0.717, 1.165) is 0 Å². The highest BCUT2D eigenvalue weighted by Gasteiger charge is 2.22. The van der Waals surface area contributed by atoms with Gasteiger partial charge >= 0.3 is 5.97 Å². The van der Waals surface area contributed by atoms with Gasteiger partial charge in [0.05, 0.1) is 11.6 Å². The Labute approximate surface area is 70.1 Å². The standard InChI is InChI=1S/C9H9NO2/c11-9(12)7-1-2-8-6(5-7)3-4-10-8/h1-6,8,10H,(H,11,12). The highest BCUT2D eigenvalue weighted by molar-refractivity contribution is 5.90. The summed E-state index contributed by atoms with van der Waals surface area (Å²) in [4.78, 5) is 10.6. The van der Waals surface area contributed by atoms with E-state index in [2.05, 4.69) is 5.32 Å². The molecule has 2 N–H and O–H groups in total. The molecule has 0 bridgehead atoms. The number of fused-ring (bicyclic) bond motifs is 1. The van der Waals surface area contributed by atoms with Crippen LogP contribution in [0.3, 0.4) is 0 Å². The van der Waals surface area contributed by atoms with Gasteiger partial charge in [-0.1, -0.05) is 18.2 Å². The van der Waals surface area contributed by atoms with Gasteiger partial charge in [0.1, 0.15) is 0 Å². The third-order valence-corrected chi connectivity index (χ3v) is 2.12. The van der Waals surface area contributed by atoms with E-state index in [1.54, 1.807) is 12.2 Å². The molecule has 2 unspecified atom stereocenters. The average Bonchev–Trinajstić information content (AvgIpc) is 2.49. The molecule has 3 heteroatoms. The molecule has 62 valence electrons. The van der Waals surface area contributed by atoms with Crippen molar-refractivity contribution in [1.29, 1.82) is 0 Å². The minimum absolute atomic E-state index is 0.209. The van der Waals surface area contributed by atoms with Gasteiger partial charge in [0.2, 0.25) is 0 Å². The van der Waals surface area contributed by atoms with Gasteiger partial charge in [-0.3, -0.25) is 0 Å². The average molecular weight is 163 g/mol. The third-order valence-electron chi connectivity index (χ3n) is 2.12. The minimum atomic E-state index is -0.856. The van der Waals surface area contributed by atoms with E-state index in [1.165, 1.54) is 0 Å². The lowest BCUT2D eigenvalue weighted by Crippen LogP contribution is -2.25. The molecule has 0 spiro atoms. The fourth-order valence-electron chi connectivity index (χ4n) is 1.46. The van der Waals surface area contributed by atoms with Crippen LogP contribution in [0.2, 0.25) is 0 Å². The number of rotatable bonds is 1. The van der Waals surface area contributed by atoms with Crippen LogP contribution in [-0.2, 0) is 4.79 Å². The van der Waals surface area contributed by atoms with Crippen molar-refractivity contribution < 1.29 is 9.90 Å². The second-order valence-electron chi connectivity index (χ2n) is 2.92. The van der Waals surface area contributed by atoms with Crippen molar-refractivity contribution in [2.75, 3.05) is 0 Å². The molecule has 2 atom stereocenters. The Hall–Kier alpha value is -1.51. The first kappa shape index (κ1) is 7.16. The van der Waals surface area contributed by atoms with Crippen LogP contribution in [0.15, 0.2) is 36.1 Å². The maximum absolute atomic E-state index is 10.6. The number of hydrogen-bond acceptors (Lipinski definition) is 2. The van der Waals surface area contributed by atoms with Gasteiger partial charge < -0.3 is 10.4 Å². The Morgan fingerprint density at radius 1 is 1.50 bits per heavy atom. The van der Waals surface area contributed by atoms with Gasteiger partial charge in [0, 0.05) is 5.92 Å². The zero-order valence-corrected chi connectivity index (χ0v) is 6.40. The zero-order chi connectivity index (χ0) is 8.55. The summed E-state index contributed by atoms with van der Waals surface area (Å²) in [6.45, 7) is 0. The van der Waals surface area contributed by atoms with Crippen LogP contribution in [0.1, 0.15) is 0 Å². The first-order chi connectivity index (χ1) is 5.77. The molecule has 0 saturated carbocycles. The van der Waals surface area contributed by atoms with Gasteiger partial charge in [-0.25, -0.2) is 4.79 Å². The molecule has 0 aromatic rings. The van der Waals surface area contributed by atoms with E-state index in [0.29, 0.717) is 5.57 Å². The molecule has 0 radical (unpaired) electrons. The fraction of sp³-hybridized carbons (Fsp3) is 0.222. The molecular weight excluding hydrogens is 154 g/mol. The van der Waals surface area contributed by atoms with Crippen LogP contribution in [0.25, 0.3) is 0 Å². The highest BCUT2D eigenvalue weighted by atomic mass is 16.4. The number of aliphatic carboxylic acids is 1. The summed E-state index contributed by atoms with van der Waals surface area (Å²) in [5.74, 6) is -0.647. The lowest BCUT2D eigenvalue weighted by molar-refractivity contribution is -0.132. The lowest BCUT2D eigenvalue weighted by Gasteiger charge is -2.16. The summed E-state index contributed by atoms with van der Waals surface area (Å²) in [6, 6.07) is 0.257. The molecule has 1 aliphatic carbocycles. The van der Waals surface area contributed by atoms with Gasteiger partial charge in [0.25, 0.3) is 0 Å². The summed E-state index contributed by atoms with van der Waals surface area (Å²) >= 11 is 0. The Balaban J connectivity index is 2.25. The highest BCUT2D eigenvalue weighted by Crippen LogP contribution is 2.21. The predicted molar refractivity (Wildman–Crippen MR) is 44.4 cm³/mol. The molecule has 0 amide bonds. The van der Waals surface area contributed by atoms with Crippen molar-refractivity contribution in [3.63, 3.8) is 0 Å². The van der Waals surface area contributed by atoms with Crippen LogP contribution >= 0.6 is 0 Å². The van der Waals surface area contributed by atoms with Crippen molar-refractivity contribution in [2.24, 2.45) is 5.92 Å². The van der Waals surface area contributed by atoms with Gasteiger partial charge in [-0.15, -0.1) is 0 Å². The summed E-state index contributed by atoms with van der Waals surface area (Å²) in [5.41, 5.74) is 0.379. The maximum atomic E-state index is 10.6. The summed E-state index contributed by atoms with van der Waals surface area (Å²) in [5, 5.41) is 11.8. The molecule has 1 heterocycles. The van der Waals surface area contributed by atoms with Crippen LogP contribution < -0.4 is 5.32 Å². The van der Waals surface area contributed by atoms with Gasteiger partial charge in [-0.05, 0) is 12.3 Å². The summed E-state index contributed by atoms with van der Waals surface area (Å²) in [7, 11) is 0. The van der Waals surface area contributed by atoms with Gasteiger partial charge in [-0.2, -0.15) is 0 Å². The molecule has 0 aromatic carbocycles. The Morgan fingerprint density at radius 2 is 2.33 bits per heavy atom. The second kappa shape index (κ2) is 2.52. The monoisotopic (exact) mass is 163 g/mol. The largest absolute Gasteiger partial charge is 0.478 e. The summed E-state index contributed by atoms with van der Waals surface area (Å²) < 4.78 is 0. The number of carboxylic acids is 1. The molecular formula is C9H9NO2. The Kier molecular flexibility index (Phi) is 1.50. The third kappa shape index (κ3) is 1.03. The van der Waals surface area contributed by atoms with Crippen LogP contribution in [0.4, 0.5) is 0 Å². The molecule has 3 nitrogen and oxygen atoms in total. The van der Waals surface area contributed by atoms with E-state index in [9.17, 15) is 4.79 Å². The zero-order valence-electron chi connectivity index (χ0n) is 6.40. The number of carbonyl (C=O) groups is 1. The van der Waals surface area contributed by atoms with Crippen LogP contribution in [-0.4, -0.2) is 17.1 Å². The van der Waals surface area contributed by atoms with Crippen molar-refractivity contribution in [1.82, 2.24) is 5.32 Å². The van der Waals surface area contributed by atoms with Crippen LogP contribution in [0.5, 0.6) is 0 Å². The molecule has 0 aromatic heterocycles. The van der Waals surface area contributed by atoms with E-state index >= 15 is 0 Å². The van der Waals surface area contributed by atoms with E-state index in [-0.39, 0.29) is 12.0 Å². The molecule has 0 saturated heterocycles. The molecule has 12 heavy (non-hydrogen) atoms. The van der Waals surface area contributed by atoms with Crippen molar-refractivity contribution >= 4 is 5.97 Å². The summed E-state index contributed by atoms with van der Waals surface area (Å²) in [6.07, 6.45) is 9.12. The fourth-order valence-corrected chi connectivity index (χ4v) is 1.46. The maximum Gasteiger partial charge on any atom is 0.335 e. The van der Waals surface area contributed by atoms with Crippen molar-refractivity contribution in [3.8, 4) is 0 Å². The number of nitrogens with one attached hydrogen (secondary N) is 1. The second-order valence-corrected chi connectivity index (χ2v) is 2.92. The van der Waals surface area contributed by atoms with Crippen molar-refractivity contribution in [2.45, 2.75) is 6.04 Å². The van der Waals surface area contributed by atoms with Crippen molar-refractivity contribution in [3.05, 3.63) is 36.1 Å². The SMILES string of the molecule is O=C(O)C1=CC2C=CNC2C=C1. The van der Waals surface area contributed by atoms with Gasteiger partial charge in [0.15, 0.2) is 0 Å². The first-order valence-electron chi connectivity index (χ1n) is 3.83. The first-order valence-corrected chi connectivity index (χ1v) is 3.83. The molecule has 2 rings (SSSR count). The minimum Gasteiger partial charge on any atom is -0.478 e.